The average molecular weight is 412 g/mol. The number of aromatic nitrogens is 5. The smallest absolute Gasteiger partial charge is 0.271 e. The summed E-state index contributed by atoms with van der Waals surface area (Å²) < 4.78 is 12.3. The van der Waals surface area contributed by atoms with Crippen molar-refractivity contribution in [3.8, 4) is 28.7 Å². The maximum atomic E-state index is 12.4. The monoisotopic (exact) mass is 412 g/mol. The first kappa shape index (κ1) is 18.5. The Morgan fingerprint density at radius 3 is 2.77 bits per heavy atom. The molecule has 5 rings (SSSR count). The molecule has 0 radical (unpaired) electrons. The first-order valence-electron chi connectivity index (χ1n) is 9.47. The summed E-state index contributed by atoms with van der Waals surface area (Å²) >= 11 is 0. The topological polar surface area (TPSA) is 112 Å². The molecule has 1 aromatic carbocycles. The van der Waals surface area contributed by atoms with Gasteiger partial charge in [0.15, 0.2) is 5.82 Å². The van der Waals surface area contributed by atoms with Crippen molar-refractivity contribution in [2.24, 2.45) is 0 Å². The van der Waals surface area contributed by atoms with E-state index in [4.69, 9.17) is 8.94 Å². The normalized spacial score (nSPS) is 10.8. The van der Waals surface area contributed by atoms with Gasteiger partial charge >= 0.3 is 0 Å². The Kier molecular flexibility index (Phi) is 4.82. The standard InChI is InChI=1S/C22H16N6O3/c29-21(24-12-16-8-5-11-30-16)18-13-28(14-25-18)20-17(9-4-10-23-20)22-26-19(27-31-22)15-6-2-1-3-7-15/h1-11,13-14H,12H2,(H,24,29). The van der Waals surface area contributed by atoms with Crippen LogP contribution in [-0.2, 0) is 6.54 Å². The van der Waals surface area contributed by atoms with Crippen LogP contribution in [0.3, 0.4) is 0 Å². The molecule has 31 heavy (non-hydrogen) atoms. The Hall–Kier alpha value is -4.53. The molecular weight excluding hydrogens is 396 g/mol. The molecule has 0 spiro atoms. The van der Waals surface area contributed by atoms with Gasteiger partial charge in [0.2, 0.25) is 5.82 Å². The lowest BCUT2D eigenvalue weighted by Gasteiger charge is -2.05. The number of benzene rings is 1. The number of carbonyl (C=O) groups excluding carboxylic acids is 1. The minimum atomic E-state index is -0.322. The molecule has 0 bridgehead atoms. The molecule has 1 N–H and O–H groups in total. The third-order valence-electron chi connectivity index (χ3n) is 4.54. The van der Waals surface area contributed by atoms with Crippen LogP contribution in [0.15, 0.2) is 88.5 Å². The van der Waals surface area contributed by atoms with Crippen LogP contribution in [0.5, 0.6) is 0 Å². The van der Waals surface area contributed by atoms with Gasteiger partial charge in [-0.3, -0.25) is 9.36 Å². The molecule has 9 heteroatoms. The minimum absolute atomic E-state index is 0.249. The number of hydrogen-bond donors (Lipinski definition) is 1. The molecule has 0 saturated carbocycles. The second kappa shape index (κ2) is 8.07. The van der Waals surface area contributed by atoms with Crippen LogP contribution in [0, 0.1) is 0 Å². The lowest BCUT2D eigenvalue weighted by molar-refractivity contribution is 0.0943. The average Bonchev–Trinajstić information content (AvgIpc) is 3.60. The molecule has 9 nitrogen and oxygen atoms in total. The van der Waals surface area contributed by atoms with Gasteiger partial charge in [-0.25, -0.2) is 9.97 Å². The van der Waals surface area contributed by atoms with Crippen molar-refractivity contribution in [2.45, 2.75) is 6.54 Å². The Bertz CT molecular complexity index is 1310. The van der Waals surface area contributed by atoms with E-state index in [9.17, 15) is 4.79 Å². The maximum absolute atomic E-state index is 12.4. The number of carbonyl (C=O) groups is 1. The van der Waals surface area contributed by atoms with Crippen LogP contribution in [0.1, 0.15) is 16.2 Å². The van der Waals surface area contributed by atoms with Crippen molar-refractivity contribution in [2.75, 3.05) is 0 Å². The van der Waals surface area contributed by atoms with Gasteiger partial charge in [0.25, 0.3) is 11.8 Å². The molecule has 0 aliphatic rings. The van der Waals surface area contributed by atoms with Crippen LogP contribution >= 0.6 is 0 Å². The molecule has 0 unspecified atom stereocenters. The van der Waals surface area contributed by atoms with Crippen molar-refractivity contribution in [1.29, 1.82) is 0 Å². The van der Waals surface area contributed by atoms with E-state index in [1.165, 1.54) is 6.33 Å². The van der Waals surface area contributed by atoms with E-state index in [-0.39, 0.29) is 18.1 Å². The Morgan fingerprint density at radius 1 is 1.03 bits per heavy atom. The van der Waals surface area contributed by atoms with Crippen molar-refractivity contribution < 1.29 is 13.7 Å². The van der Waals surface area contributed by atoms with Gasteiger partial charge in [-0.15, -0.1) is 0 Å². The molecule has 4 heterocycles. The summed E-state index contributed by atoms with van der Waals surface area (Å²) in [4.78, 5) is 25.5. The summed E-state index contributed by atoms with van der Waals surface area (Å²) in [7, 11) is 0. The fourth-order valence-corrected chi connectivity index (χ4v) is 3.03. The molecule has 4 aromatic heterocycles. The Labute approximate surface area is 176 Å². The predicted molar refractivity (Wildman–Crippen MR) is 110 cm³/mol. The fraction of sp³-hybridized carbons (Fsp3) is 0.0455. The van der Waals surface area contributed by atoms with Crippen molar-refractivity contribution in [3.05, 3.63) is 91.0 Å². The van der Waals surface area contributed by atoms with Crippen LogP contribution < -0.4 is 5.32 Å². The van der Waals surface area contributed by atoms with Gasteiger partial charge in [0.1, 0.15) is 17.8 Å². The summed E-state index contributed by atoms with van der Waals surface area (Å²) in [6.07, 6.45) is 6.31. The summed E-state index contributed by atoms with van der Waals surface area (Å²) in [6.45, 7) is 0.276. The summed E-state index contributed by atoms with van der Waals surface area (Å²) in [5, 5.41) is 6.83. The highest BCUT2D eigenvalue weighted by atomic mass is 16.5. The molecule has 0 aliphatic carbocycles. The zero-order valence-electron chi connectivity index (χ0n) is 16.2. The third kappa shape index (κ3) is 3.84. The molecule has 0 aliphatic heterocycles. The van der Waals surface area contributed by atoms with E-state index in [2.05, 4.69) is 25.4 Å². The first-order valence-corrected chi connectivity index (χ1v) is 9.47. The van der Waals surface area contributed by atoms with Gasteiger partial charge in [0, 0.05) is 18.0 Å². The van der Waals surface area contributed by atoms with E-state index in [1.807, 2.05) is 36.4 Å². The summed E-state index contributed by atoms with van der Waals surface area (Å²) in [5.41, 5.74) is 1.72. The predicted octanol–water partition coefficient (Wildman–Crippen LogP) is 3.51. The van der Waals surface area contributed by atoms with Gasteiger partial charge < -0.3 is 14.3 Å². The minimum Gasteiger partial charge on any atom is -0.467 e. The van der Waals surface area contributed by atoms with E-state index < -0.39 is 0 Å². The van der Waals surface area contributed by atoms with Gasteiger partial charge in [0.05, 0.1) is 18.4 Å². The number of imidazole rings is 1. The van der Waals surface area contributed by atoms with Crippen LogP contribution in [0.2, 0.25) is 0 Å². The number of furan rings is 1. The number of rotatable bonds is 6. The number of amides is 1. The molecule has 152 valence electrons. The maximum Gasteiger partial charge on any atom is 0.271 e. The molecule has 5 aromatic rings. The number of nitrogens with one attached hydrogen (secondary N) is 1. The lowest BCUT2D eigenvalue weighted by atomic mass is 10.2. The fourth-order valence-electron chi connectivity index (χ4n) is 3.03. The van der Waals surface area contributed by atoms with Crippen molar-refractivity contribution in [3.63, 3.8) is 0 Å². The molecular formula is C22H16N6O3. The van der Waals surface area contributed by atoms with E-state index in [0.717, 1.165) is 5.56 Å². The highest BCUT2D eigenvalue weighted by Gasteiger charge is 2.18. The second-order valence-corrected chi connectivity index (χ2v) is 6.59. The lowest BCUT2D eigenvalue weighted by Crippen LogP contribution is -2.22. The summed E-state index contributed by atoms with van der Waals surface area (Å²) in [5.74, 6) is 1.65. The quantitative estimate of drug-likeness (QED) is 0.454. The van der Waals surface area contributed by atoms with E-state index in [1.54, 1.807) is 41.4 Å². The van der Waals surface area contributed by atoms with Crippen molar-refractivity contribution in [1.82, 2.24) is 30.0 Å². The second-order valence-electron chi connectivity index (χ2n) is 6.59. The zero-order valence-corrected chi connectivity index (χ0v) is 16.2. The third-order valence-corrected chi connectivity index (χ3v) is 4.54. The van der Waals surface area contributed by atoms with E-state index >= 15 is 0 Å². The van der Waals surface area contributed by atoms with Gasteiger partial charge in [-0.1, -0.05) is 35.5 Å². The summed E-state index contributed by atoms with van der Waals surface area (Å²) in [6, 6.07) is 16.7. The number of hydrogen-bond acceptors (Lipinski definition) is 7. The Balaban J connectivity index is 1.40. The van der Waals surface area contributed by atoms with E-state index in [0.29, 0.717) is 28.9 Å². The molecule has 0 atom stereocenters. The van der Waals surface area contributed by atoms with Gasteiger partial charge in [-0.2, -0.15) is 4.98 Å². The zero-order chi connectivity index (χ0) is 21.0. The number of nitrogens with zero attached hydrogens (tertiary/aromatic N) is 5. The largest absolute Gasteiger partial charge is 0.467 e. The SMILES string of the molecule is O=C(NCc1ccco1)c1cn(-c2ncccc2-c2nc(-c3ccccc3)no2)cn1. The Morgan fingerprint density at radius 2 is 1.94 bits per heavy atom. The van der Waals surface area contributed by atoms with Crippen molar-refractivity contribution >= 4 is 5.91 Å². The molecule has 1 amide bonds. The highest BCUT2D eigenvalue weighted by molar-refractivity contribution is 5.92. The highest BCUT2D eigenvalue weighted by Crippen LogP contribution is 2.26. The van der Waals surface area contributed by atoms with Crippen LogP contribution in [-0.4, -0.2) is 30.6 Å². The van der Waals surface area contributed by atoms with Gasteiger partial charge in [-0.05, 0) is 24.3 Å². The molecule has 0 saturated heterocycles. The molecule has 0 fully saturated rings. The first-order chi connectivity index (χ1) is 15.3. The number of pyridine rings is 1. The van der Waals surface area contributed by atoms with Crippen LogP contribution in [0.4, 0.5) is 0 Å². The van der Waals surface area contributed by atoms with Crippen LogP contribution in [0.25, 0.3) is 28.7 Å².